The third-order valence-corrected chi connectivity index (χ3v) is 3.71. The monoisotopic (exact) mass is 383 g/mol. The first kappa shape index (κ1) is 12.4. The van der Waals surface area contributed by atoms with Crippen molar-refractivity contribution in [3.05, 3.63) is 49.1 Å². The Morgan fingerprint density at radius 2 is 1.81 bits per heavy atom. The van der Waals surface area contributed by atoms with E-state index in [-0.39, 0.29) is 0 Å². The summed E-state index contributed by atoms with van der Waals surface area (Å²) in [5.41, 5.74) is 1.39. The van der Waals surface area contributed by atoms with Crippen LogP contribution in [0.4, 0.5) is 0 Å². The Kier molecular flexibility index (Phi) is 3.95. The molecule has 16 heavy (non-hydrogen) atoms. The summed E-state index contributed by atoms with van der Waals surface area (Å²) in [4.78, 5) is 4.27. The Balaban J connectivity index is 2.63. The van der Waals surface area contributed by atoms with Crippen LogP contribution in [0.3, 0.4) is 0 Å². The highest BCUT2D eigenvalue weighted by Crippen LogP contribution is 2.35. The molecule has 0 amide bonds. The number of rotatable bonds is 1. The van der Waals surface area contributed by atoms with E-state index in [1.807, 2.05) is 18.2 Å². The molecule has 82 valence electrons. The molecule has 0 atom stereocenters. The zero-order valence-corrected chi connectivity index (χ0v) is 12.3. The summed E-state index contributed by atoms with van der Waals surface area (Å²) in [5, 5.41) is 1.53. The van der Waals surface area contributed by atoms with Gasteiger partial charge in [0.2, 0.25) is 0 Å². The second-order valence-corrected chi connectivity index (χ2v) is 5.52. The van der Waals surface area contributed by atoms with Gasteiger partial charge in [0.05, 0.1) is 20.8 Å². The number of aromatic nitrogens is 1. The van der Waals surface area contributed by atoms with Crippen LogP contribution >= 0.6 is 57.4 Å². The van der Waals surface area contributed by atoms with E-state index in [0.29, 0.717) is 20.8 Å². The minimum absolute atomic E-state index is 0.472. The van der Waals surface area contributed by atoms with Crippen LogP contribution in [-0.2, 0) is 0 Å². The van der Waals surface area contributed by atoms with Crippen molar-refractivity contribution in [2.75, 3.05) is 0 Å². The smallest absolute Gasteiger partial charge is 0.0904 e. The van der Waals surface area contributed by atoms with Crippen LogP contribution in [0.2, 0.25) is 15.1 Å². The summed E-state index contributed by atoms with van der Waals surface area (Å²) in [6.07, 6.45) is 1.74. The highest BCUT2D eigenvalue weighted by molar-refractivity contribution is 14.1. The SMILES string of the molecule is Clc1cc(I)cnc1-c1cccc(Cl)c1Cl. The van der Waals surface area contributed by atoms with Gasteiger partial charge in [0, 0.05) is 15.3 Å². The van der Waals surface area contributed by atoms with Gasteiger partial charge in [-0.2, -0.15) is 0 Å². The Bertz CT molecular complexity index is 543. The van der Waals surface area contributed by atoms with Gasteiger partial charge in [0.25, 0.3) is 0 Å². The molecule has 0 aliphatic carbocycles. The lowest BCUT2D eigenvalue weighted by Gasteiger charge is -2.07. The van der Waals surface area contributed by atoms with Crippen molar-refractivity contribution < 1.29 is 0 Å². The van der Waals surface area contributed by atoms with Gasteiger partial charge in [-0.15, -0.1) is 0 Å². The lowest BCUT2D eigenvalue weighted by atomic mass is 10.1. The van der Waals surface area contributed by atoms with Crippen LogP contribution in [0, 0.1) is 3.57 Å². The molecule has 0 bridgehead atoms. The summed E-state index contributed by atoms with van der Waals surface area (Å²) >= 11 is 20.3. The third-order valence-electron chi connectivity index (χ3n) is 2.01. The molecule has 5 heteroatoms. The molecule has 0 fully saturated rings. The van der Waals surface area contributed by atoms with Crippen molar-refractivity contribution >= 4 is 57.4 Å². The first-order valence-corrected chi connectivity index (χ1v) is 6.56. The molecule has 0 N–H and O–H groups in total. The zero-order valence-electron chi connectivity index (χ0n) is 7.85. The molecule has 0 saturated heterocycles. The molecule has 2 rings (SSSR count). The van der Waals surface area contributed by atoms with Gasteiger partial charge in [-0.05, 0) is 34.7 Å². The van der Waals surface area contributed by atoms with E-state index in [2.05, 4.69) is 27.6 Å². The highest BCUT2D eigenvalue weighted by Gasteiger charge is 2.11. The second-order valence-electron chi connectivity index (χ2n) is 3.09. The lowest BCUT2D eigenvalue weighted by molar-refractivity contribution is 1.31. The zero-order chi connectivity index (χ0) is 11.7. The van der Waals surface area contributed by atoms with Crippen molar-refractivity contribution in [2.45, 2.75) is 0 Å². The van der Waals surface area contributed by atoms with Crippen molar-refractivity contribution in [1.82, 2.24) is 4.98 Å². The number of halogens is 4. The van der Waals surface area contributed by atoms with Crippen LogP contribution < -0.4 is 0 Å². The fraction of sp³-hybridized carbons (Fsp3) is 0. The maximum absolute atomic E-state index is 6.12. The van der Waals surface area contributed by atoms with Gasteiger partial charge >= 0.3 is 0 Å². The second kappa shape index (κ2) is 5.08. The minimum Gasteiger partial charge on any atom is -0.254 e. The molecule has 0 spiro atoms. The molecule has 0 radical (unpaired) electrons. The summed E-state index contributed by atoms with van der Waals surface area (Å²) in [5.74, 6) is 0. The Hall–Kier alpha value is -0.0300. The van der Waals surface area contributed by atoms with Gasteiger partial charge < -0.3 is 0 Å². The molecule has 0 aliphatic heterocycles. The topological polar surface area (TPSA) is 12.9 Å². The normalized spacial score (nSPS) is 10.5. The molecular weight excluding hydrogens is 379 g/mol. The maximum atomic E-state index is 6.12. The number of benzene rings is 1. The number of nitrogens with zero attached hydrogens (tertiary/aromatic N) is 1. The molecule has 1 heterocycles. The minimum atomic E-state index is 0.472. The van der Waals surface area contributed by atoms with Crippen LogP contribution in [0.1, 0.15) is 0 Å². The molecular formula is C11H5Cl3IN. The lowest BCUT2D eigenvalue weighted by Crippen LogP contribution is -1.87. The summed E-state index contributed by atoms with van der Waals surface area (Å²) in [6.45, 7) is 0. The van der Waals surface area contributed by atoms with Crippen molar-refractivity contribution in [1.29, 1.82) is 0 Å². The predicted molar refractivity (Wildman–Crippen MR) is 77.4 cm³/mol. The molecule has 1 nitrogen and oxygen atoms in total. The van der Waals surface area contributed by atoms with Crippen LogP contribution in [0.25, 0.3) is 11.3 Å². The first-order chi connectivity index (χ1) is 7.59. The van der Waals surface area contributed by atoms with Crippen LogP contribution in [0.5, 0.6) is 0 Å². The van der Waals surface area contributed by atoms with Gasteiger partial charge in [0.1, 0.15) is 0 Å². The average Bonchev–Trinajstić information content (AvgIpc) is 2.23. The Morgan fingerprint density at radius 3 is 2.50 bits per heavy atom. The van der Waals surface area contributed by atoms with Gasteiger partial charge in [-0.1, -0.05) is 46.9 Å². The molecule has 0 aliphatic rings. The number of hydrogen-bond donors (Lipinski definition) is 0. The molecule has 1 aromatic carbocycles. The van der Waals surface area contributed by atoms with E-state index >= 15 is 0 Å². The third kappa shape index (κ3) is 2.45. The molecule has 0 unspecified atom stereocenters. The molecule has 2 aromatic rings. The summed E-state index contributed by atoms with van der Waals surface area (Å²) in [7, 11) is 0. The van der Waals surface area contributed by atoms with E-state index < -0.39 is 0 Å². The van der Waals surface area contributed by atoms with Crippen LogP contribution in [0.15, 0.2) is 30.5 Å². The van der Waals surface area contributed by atoms with E-state index in [4.69, 9.17) is 34.8 Å². The van der Waals surface area contributed by atoms with E-state index in [0.717, 1.165) is 9.13 Å². The van der Waals surface area contributed by atoms with Gasteiger partial charge in [-0.3, -0.25) is 4.98 Å². The van der Waals surface area contributed by atoms with Gasteiger partial charge in [0.15, 0.2) is 0 Å². The highest BCUT2D eigenvalue weighted by atomic mass is 127. The maximum Gasteiger partial charge on any atom is 0.0904 e. The Labute approximate surface area is 122 Å². The molecule has 1 aromatic heterocycles. The predicted octanol–water partition coefficient (Wildman–Crippen LogP) is 5.31. The summed E-state index contributed by atoms with van der Waals surface area (Å²) < 4.78 is 0.976. The summed E-state index contributed by atoms with van der Waals surface area (Å²) in [6, 6.07) is 7.23. The fourth-order valence-corrected chi connectivity index (χ4v) is 2.59. The molecule has 0 saturated carbocycles. The van der Waals surface area contributed by atoms with E-state index in [1.54, 1.807) is 12.3 Å². The first-order valence-electron chi connectivity index (χ1n) is 4.35. The van der Waals surface area contributed by atoms with Crippen molar-refractivity contribution in [3.63, 3.8) is 0 Å². The van der Waals surface area contributed by atoms with Gasteiger partial charge in [-0.25, -0.2) is 0 Å². The quantitative estimate of drug-likeness (QED) is 0.607. The fourth-order valence-electron chi connectivity index (χ4n) is 1.30. The number of hydrogen-bond acceptors (Lipinski definition) is 1. The Morgan fingerprint density at radius 1 is 1.06 bits per heavy atom. The average molecular weight is 384 g/mol. The standard InChI is InChI=1S/C11H5Cl3IN/c12-8-3-1-2-7(10(8)14)11-9(13)4-6(15)5-16-11/h1-5H. The van der Waals surface area contributed by atoms with E-state index in [1.165, 1.54) is 0 Å². The van der Waals surface area contributed by atoms with E-state index in [9.17, 15) is 0 Å². The number of pyridine rings is 1. The van der Waals surface area contributed by atoms with Crippen molar-refractivity contribution in [3.8, 4) is 11.3 Å². The van der Waals surface area contributed by atoms with Crippen molar-refractivity contribution in [2.24, 2.45) is 0 Å². The largest absolute Gasteiger partial charge is 0.254 e. The van der Waals surface area contributed by atoms with Crippen LogP contribution in [-0.4, -0.2) is 4.98 Å².